The second kappa shape index (κ2) is 5.09. The van der Waals surface area contributed by atoms with Crippen LogP contribution in [-0.2, 0) is 11.6 Å². The zero-order valence-electron chi connectivity index (χ0n) is 11.6. The number of nitrogens with two attached hydrogens (primary N) is 1. The average molecular weight is 301 g/mol. The number of fused-ring (bicyclic) bond motifs is 1. The lowest BCUT2D eigenvalue weighted by Gasteiger charge is -2.34. The Morgan fingerprint density at radius 1 is 1.10 bits per heavy atom. The molecule has 3 rings (SSSR count). The quantitative estimate of drug-likeness (QED) is 0.912. The van der Waals surface area contributed by atoms with Crippen molar-refractivity contribution in [2.75, 3.05) is 19.8 Å². The molecule has 116 valence electrons. The molecule has 1 fully saturated rings. The molecule has 0 unspecified atom stereocenters. The van der Waals surface area contributed by atoms with Crippen molar-refractivity contribution >= 4 is 0 Å². The molecule has 0 saturated heterocycles. The van der Waals surface area contributed by atoms with Crippen LogP contribution in [0, 0.1) is 0 Å². The summed E-state index contributed by atoms with van der Waals surface area (Å²) in [5.41, 5.74) is 4.79. The van der Waals surface area contributed by atoms with Gasteiger partial charge in [-0.25, -0.2) is 0 Å². The molecule has 1 saturated carbocycles. The van der Waals surface area contributed by atoms with Crippen molar-refractivity contribution in [3.05, 3.63) is 23.3 Å². The summed E-state index contributed by atoms with van der Waals surface area (Å²) in [5, 5.41) is 0. The lowest BCUT2D eigenvalue weighted by Crippen LogP contribution is -2.36. The zero-order valence-corrected chi connectivity index (χ0v) is 11.6. The van der Waals surface area contributed by atoms with Gasteiger partial charge in [-0.3, -0.25) is 0 Å². The highest BCUT2D eigenvalue weighted by Gasteiger charge is 2.46. The van der Waals surface area contributed by atoms with Crippen molar-refractivity contribution in [2.45, 2.75) is 37.3 Å². The molecule has 2 N–H and O–H groups in total. The lowest BCUT2D eigenvalue weighted by atomic mass is 9.75. The number of hydrogen-bond donors (Lipinski definition) is 1. The Labute approximate surface area is 121 Å². The highest BCUT2D eigenvalue weighted by Crippen LogP contribution is 2.52. The summed E-state index contributed by atoms with van der Waals surface area (Å²) in [6.45, 7) is 0.811. The van der Waals surface area contributed by atoms with Crippen LogP contribution in [0.25, 0.3) is 0 Å². The van der Waals surface area contributed by atoms with Gasteiger partial charge in [0.05, 0.1) is 5.56 Å². The van der Waals surface area contributed by atoms with Crippen LogP contribution >= 0.6 is 0 Å². The van der Waals surface area contributed by atoms with Gasteiger partial charge in [0.25, 0.3) is 0 Å². The van der Waals surface area contributed by atoms with Crippen LogP contribution in [0.5, 0.6) is 11.5 Å². The predicted octanol–water partition coefficient (Wildman–Crippen LogP) is 3.25. The largest absolute Gasteiger partial charge is 0.486 e. The SMILES string of the molecule is NCC1(c2c(C(F)(F)F)ccc3c2OCCO3)CCCC1. The molecule has 1 heterocycles. The van der Waals surface area contributed by atoms with Crippen LogP contribution in [0.3, 0.4) is 0 Å². The Hall–Kier alpha value is -1.43. The Morgan fingerprint density at radius 3 is 2.38 bits per heavy atom. The van der Waals surface area contributed by atoms with Crippen molar-refractivity contribution < 1.29 is 22.6 Å². The van der Waals surface area contributed by atoms with Crippen LogP contribution in [0.2, 0.25) is 0 Å². The Morgan fingerprint density at radius 2 is 1.76 bits per heavy atom. The Kier molecular flexibility index (Phi) is 3.51. The van der Waals surface area contributed by atoms with E-state index in [-0.39, 0.29) is 24.5 Å². The average Bonchev–Trinajstić information content (AvgIpc) is 2.95. The fraction of sp³-hybridized carbons (Fsp3) is 0.600. The van der Waals surface area contributed by atoms with E-state index in [9.17, 15) is 13.2 Å². The van der Waals surface area contributed by atoms with Crippen LogP contribution in [0.15, 0.2) is 12.1 Å². The minimum Gasteiger partial charge on any atom is -0.486 e. The van der Waals surface area contributed by atoms with E-state index in [4.69, 9.17) is 15.2 Å². The summed E-state index contributed by atoms with van der Waals surface area (Å²) in [6.07, 6.45) is -1.33. The first-order valence-electron chi connectivity index (χ1n) is 7.18. The van der Waals surface area contributed by atoms with Crippen molar-refractivity contribution in [3.63, 3.8) is 0 Å². The maximum atomic E-state index is 13.4. The molecule has 1 aromatic carbocycles. The maximum absolute atomic E-state index is 13.4. The highest BCUT2D eigenvalue weighted by atomic mass is 19.4. The van der Waals surface area contributed by atoms with Gasteiger partial charge in [0, 0.05) is 17.5 Å². The van der Waals surface area contributed by atoms with Crippen LogP contribution in [0.4, 0.5) is 13.2 Å². The van der Waals surface area contributed by atoms with E-state index in [0.717, 1.165) is 18.9 Å². The fourth-order valence-corrected chi connectivity index (χ4v) is 3.49. The second-order valence-corrected chi connectivity index (χ2v) is 5.70. The third kappa shape index (κ3) is 2.35. The van der Waals surface area contributed by atoms with Crippen LogP contribution in [-0.4, -0.2) is 19.8 Å². The summed E-state index contributed by atoms with van der Waals surface area (Å²) >= 11 is 0. The molecule has 0 aromatic heterocycles. The molecule has 1 aliphatic heterocycles. The Balaban J connectivity index is 2.23. The topological polar surface area (TPSA) is 44.5 Å². The van der Waals surface area contributed by atoms with Gasteiger partial charge in [-0.05, 0) is 25.0 Å². The molecule has 0 amide bonds. The monoisotopic (exact) mass is 301 g/mol. The lowest BCUT2D eigenvalue weighted by molar-refractivity contribution is -0.139. The predicted molar refractivity (Wildman–Crippen MR) is 71.6 cm³/mol. The first-order valence-corrected chi connectivity index (χ1v) is 7.18. The van der Waals surface area contributed by atoms with Gasteiger partial charge in [0.2, 0.25) is 0 Å². The molecule has 3 nitrogen and oxygen atoms in total. The van der Waals surface area contributed by atoms with Gasteiger partial charge < -0.3 is 15.2 Å². The molecule has 0 radical (unpaired) electrons. The number of ether oxygens (including phenoxy) is 2. The zero-order chi connectivity index (χ0) is 15.1. The van der Waals surface area contributed by atoms with Crippen LogP contribution < -0.4 is 15.2 Å². The summed E-state index contributed by atoms with van der Waals surface area (Å²) in [6, 6.07) is 2.44. The molecular weight excluding hydrogens is 283 g/mol. The molecule has 2 aliphatic rings. The first-order chi connectivity index (χ1) is 9.98. The molecule has 1 aromatic rings. The van der Waals surface area contributed by atoms with E-state index in [1.54, 1.807) is 0 Å². The minimum absolute atomic E-state index is 0.190. The summed E-state index contributed by atoms with van der Waals surface area (Å²) in [7, 11) is 0. The van der Waals surface area contributed by atoms with Gasteiger partial charge >= 0.3 is 6.18 Å². The fourth-order valence-electron chi connectivity index (χ4n) is 3.49. The summed E-state index contributed by atoms with van der Waals surface area (Å²) in [5.74, 6) is 0.632. The van der Waals surface area contributed by atoms with E-state index in [1.165, 1.54) is 6.07 Å². The summed E-state index contributed by atoms with van der Waals surface area (Å²) in [4.78, 5) is 0. The van der Waals surface area contributed by atoms with E-state index < -0.39 is 17.2 Å². The molecule has 0 atom stereocenters. The molecular formula is C15H18F3NO2. The number of halogens is 3. The van der Waals surface area contributed by atoms with E-state index in [1.807, 2.05) is 0 Å². The van der Waals surface area contributed by atoms with Gasteiger partial charge in [0.15, 0.2) is 11.5 Å². The van der Waals surface area contributed by atoms with E-state index >= 15 is 0 Å². The third-order valence-electron chi connectivity index (χ3n) is 4.50. The van der Waals surface area contributed by atoms with E-state index in [2.05, 4.69) is 0 Å². The van der Waals surface area contributed by atoms with Gasteiger partial charge in [-0.2, -0.15) is 13.2 Å². The van der Waals surface area contributed by atoms with Crippen molar-refractivity contribution in [1.82, 2.24) is 0 Å². The van der Waals surface area contributed by atoms with Crippen molar-refractivity contribution in [1.29, 1.82) is 0 Å². The first kappa shape index (κ1) is 14.5. The second-order valence-electron chi connectivity index (χ2n) is 5.70. The van der Waals surface area contributed by atoms with Gasteiger partial charge in [-0.1, -0.05) is 12.8 Å². The van der Waals surface area contributed by atoms with Crippen molar-refractivity contribution in [3.8, 4) is 11.5 Å². The Bertz CT molecular complexity index is 536. The minimum atomic E-state index is -4.42. The molecule has 6 heteroatoms. The highest BCUT2D eigenvalue weighted by molar-refractivity contribution is 5.56. The van der Waals surface area contributed by atoms with Gasteiger partial charge in [0.1, 0.15) is 13.2 Å². The molecule has 0 spiro atoms. The molecule has 0 bridgehead atoms. The standard InChI is InChI=1S/C15H18F3NO2/c16-15(17,18)10-3-4-11-13(21-8-7-20-11)12(10)14(9-19)5-1-2-6-14/h3-4H,1-2,5-9,19H2. The molecule has 1 aliphatic carbocycles. The van der Waals surface area contributed by atoms with Crippen molar-refractivity contribution in [2.24, 2.45) is 5.73 Å². The van der Waals surface area contributed by atoms with E-state index in [0.29, 0.717) is 25.2 Å². The smallest absolute Gasteiger partial charge is 0.416 e. The van der Waals surface area contributed by atoms with Gasteiger partial charge in [-0.15, -0.1) is 0 Å². The normalized spacial score (nSPS) is 20.6. The number of alkyl halides is 3. The maximum Gasteiger partial charge on any atom is 0.416 e. The number of rotatable bonds is 2. The third-order valence-corrected chi connectivity index (χ3v) is 4.50. The number of benzene rings is 1. The molecule has 21 heavy (non-hydrogen) atoms. The van der Waals surface area contributed by atoms with Crippen LogP contribution in [0.1, 0.15) is 36.8 Å². The summed E-state index contributed by atoms with van der Waals surface area (Å²) < 4.78 is 51.3. The number of hydrogen-bond acceptors (Lipinski definition) is 3.